The van der Waals surface area contributed by atoms with Crippen LogP contribution in [0, 0.1) is 0 Å². The van der Waals surface area contributed by atoms with Gasteiger partial charge in [0.05, 0.1) is 13.0 Å². The Hall–Kier alpha value is -3.84. The zero-order valence-electron chi connectivity index (χ0n) is 52.9. The molecule has 12 heteroatoms. The van der Waals surface area contributed by atoms with Gasteiger partial charge in [-0.05, 0) is 70.6 Å². The van der Waals surface area contributed by atoms with Gasteiger partial charge in [-0.3, -0.25) is 14.4 Å². The van der Waals surface area contributed by atoms with E-state index in [4.69, 9.17) is 23.7 Å². The molecule has 12 nitrogen and oxygen atoms in total. The van der Waals surface area contributed by atoms with Gasteiger partial charge in [0.25, 0.3) is 0 Å². The number of esters is 3. The number of aliphatic hydroxyl groups is 2. The van der Waals surface area contributed by atoms with E-state index in [0.717, 1.165) is 64.2 Å². The van der Waals surface area contributed by atoms with Gasteiger partial charge in [-0.1, -0.05) is 286 Å². The quantitative estimate of drug-likeness (QED) is 0.0228. The molecule has 0 aromatic heterocycles. The molecule has 1 aliphatic heterocycles. The lowest BCUT2D eigenvalue weighted by atomic mass is 9.98. The Morgan fingerprint density at radius 2 is 0.795 bits per heavy atom. The minimum absolute atomic E-state index is 0.155. The molecule has 6 atom stereocenters. The van der Waals surface area contributed by atoms with Crippen LogP contribution in [0.4, 0.5) is 0 Å². The molecule has 1 heterocycles. The molecule has 0 aromatic carbocycles. The van der Waals surface area contributed by atoms with Crippen molar-refractivity contribution in [3.63, 3.8) is 0 Å². The molecule has 0 saturated carbocycles. The minimum Gasteiger partial charge on any atom is -0.479 e. The first kappa shape index (κ1) is 77.2. The van der Waals surface area contributed by atoms with Gasteiger partial charge in [-0.15, -0.1) is 0 Å². The number of hydrogen-bond donors (Lipinski definition) is 3. The first-order valence-corrected chi connectivity index (χ1v) is 33.9. The third-order valence-electron chi connectivity index (χ3n) is 15.3. The lowest BCUT2D eigenvalue weighted by molar-refractivity contribution is -0.301. The lowest BCUT2D eigenvalue weighted by Crippen LogP contribution is -2.61. The number of aliphatic carboxylic acids is 1. The average Bonchev–Trinajstić information content (AvgIpc) is 3.57. The van der Waals surface area contributed by atoms with Crippen LogP contribution in [0.25, 0.3) is 0 Å². The standard InChI is InChI=1S/C71H122O12/c1-4-7-10-13-16-19-22-25-28-30-32-34-37-39-42-45-48-51-54-57-63(72)79-60-62(81-64(73)58-55-52-49-46-43-41-38-35-33-31-29-26-23-20-17-14-11-8-5-2)61-80-71-69(67(76)66(75)68(83-71)70(77)78)82-65(74)59-56-53-50-47-44-40-36-27-24-21-18-15-12-9-6-3/h9,12,18,21,25,27-28,36,44,47,53,56,62,66-69,71,75-76H,4-8,10-11,13-17,19-20,22-24,26,29-35,37-43,45-46,48-52,54-55,57-61H2,1-3H3,(H,77,78)/b12-9-,21-18-,28-25-,36-27-,47-44-,56-53-. The molecule has 478 valence electrons. The maximum Gasteiger partial charge on any atom is 0.335 e. The van der Waals surface area contributed by atoms with Crippen LogP contribution in [0.2, 0.25) is 0 Å². The van der Waals surface area contributed by atoms with E-state index in [1.807, 2.05) is 12.2 Å². The van der Waals surface area contributed by atoms with Gasteiger partial charge >= 0.3 is 23.9 Å². The molecule has 1 rings (SSSR count). The van der Waals surface area contributed by atoms with E-state index in [9.17, 15) is 34.5 Å². The number of unbranched alkanes of at least 4 members (excludes halogenated alkanes) is 33. The SMILES string of the molecule is CC/C=C\C/C=C\C/C=C\C/C=C\C/C=C\CC(=O)OC1C(OCC(COC(=O)CCCCCCCCCCC/C=C\CCCCCCCC)OC(=O)CCCCCCCCCCCCCCCCCCCCC)OC(C(=O)O)C(O)C1O. The summed E-state index contributed by atoms with van der Waals surface area (Å²) in [5, 5.41) is 31.6. The molecule has 1 saturated heterocycles. The topological polar surface area (TPSA) is 175 Å². The van der Waals surface area contributed by atoms with Crippen LogP contribution in [0.1, 0.15) is 303 Å². The molecule has 0 amide bonds. The van der Waals surface area contributed by atoms with Gasteiger partial charge in [-0.2, -0.15) is 0 Å². The van der Waals surface area contributed by atoms with E-state index < -0.39 is 67.3 Å². The summed E-state index contributed by atoms with van der Waals surface area (Å²) in [5.41, 5.74) is 0. The molecular formula is C71H122O12. The van der Waals surface area contributed by atoms with E-state index in [1.165, 1.54) is 180 Å². The Labute approximate surface area is 506 Å². The molecule has 0 spiro atoms. The van der Waals surface area contributed by atoms with Gasteiger partial charge in [0.15, 0.2) is 24.6 Å². The van der Waals surface area contributed by atoms with Crippen LogP contribution in [0.15, 0.2) is 72.9 Å². The number of carboxylic acid groups (broad SMARTS) is 1. The third-order valence-corrected chi connectivity index (χ3v) is 15.3. The highest BCUT2D eigenvalue weighted by Gasteiger charge is 2.50. The lowest BCUT2D eigenvalue weighted by Gasteiger charge is -2.40. The van der Waals surface area contributed by atoms with Crippen LogP contribution in [0.5, 0.6) is 0 Å². The van der Waals surface area contributed by atoms with Gasteiger partial charge in [-0.25, -0.2) is 4.79 Å². The van der Waals surface area contributed by atoms with E-state index in [1.54, 1.807) is 12.2 Å². The zero-order valence-corrected chi connectivity index (χ0v) is 52.9. The van der Waals surface area contributed by atoms with Crippen LogP contribution < -0.4 is 0 Å². The average molecular weight is 1170 g/mol. The highest BCUT2D eigenvalue weighted by atomic mass is 16.7. The first-order valence-electron chi connectivity index (χ1n) is 33.9. The van der Waals surface area contributed by atoms with Crippen molar-refractivity contribution in [1.29, 1.82) is 0 Å². The largest absolute Gasteiger partial charge is 0.479 e. The number of carbonyl (C=O) groups is 4. The number of aliphatic hydroxyl groups excluding tert-OH is 2. The van der Waals surface area contributed by atoms with Crippen LogP contribution in [0.3, 0.4) is 0 Å². The molecule has 0 radical (unpaired) electrons. The molecule has 0 aromatic rings. The second kappa shape index (κ2) is 58.5. The smallest absolute Gasteiger partial charge is 0.335 e. The highest BCUT2D eigenvalue weighted by molar-refractivity contribution is 5.74. The molecule has 0 aliphatic carbocycles. The molecule has 83 heavy (non-hydrogen) atoms. The van der Waals surface area contributed by atoms with Crippen molar-refractivity contribution in [3.8, 4) is 0 Å². The summed E-state index contributed by atoms with van der Waals surface area (Å²) < 4.78 is 28.4. The van der Waals surface area contributed by atoms with Gasteiger partial charge < -0.3 is 39.0 Å². The number of ether oxygens (including phenoxy) is 5. The van der Waals surface area contributed by atoms with E-state index >= 15 is 0 Å². The van der Waals surface area contributed by atoms with Crippen LogP contribution in [-0.2, 0) is 42.9 Å². The molecule has 1 aliphatic rings. The Bertz CT molecular complexity index is 1720. The second-order valence-corrected chi connectivity index (χ2v) is 23.1. The second-order valence-electron chi connectivity index (χ2n) is 23.1. The summed E-state index contributed by atoms with van der Waals surface area (Å²) in [7, 11) is 0. The summed E-state index contributed by atoms with van der Waals surface area (Å²) >= 11 is 0. The van der Waals surface area contributed by atoms with E-state index in [-0.39, 0.29) is 25.9 Å². The Kier molecular flexibility index (Phi) is 54.4. The molecular weight excluding hydrogens is 1040 g/mol. The Morgan fingerprint density at radius 3 is 1.20 bits per heavy atom. The van der Waals surface area contributed by atoms with Gasteiger partial charge in [0.1, 0.15) is 18.8 Å². The summed E-state index contributed by atoms with van der Waals surface area (Å²) in [5.74, 6) is -3.26. The fraction of sp³-hybridized carbons (Fsp3) is 0.775. The van der Waals surface area contributed by atoms with Crippen molar-refractivity contribution in [2.75, 3.05) is 13.2 Å². The monoisotopic (exact) mass is 1170 g/mol. The highest BCUT2D eigenvalue weighted by Crippen LogP contribution is 2.26. The maximum atomic E-state index is 13.2. The number of carbonyl (C=O) groups excluding carboxylic acids is 3. The maximum absolute atomic E-state index is 13.2. The first-order chi connectivity index (χ1) is 40.6. The van der Waals surface area contributed by atoms with Crippen LogP contribution in [-0.4, -0.2) is 89.2 Å². The van der Waals surface area contributed by atoms with Crippen molar-refractivity contribution < 1.29 is 58.2 Å². The Morgan fingerprint density at radius 1 is 0.422 bits per heavy atom. The summed E-state index contributed by atoms with van der Waals surface area (Å²) in [4.78, 5) is 51.3. The van der Waals surface area contributed by atoms with Gasteiger partial charge in [0.2, 0.25) is 0 Å². The van der Waals surface area contributed by atoms with Crippen molar-refractivity contribution in [2.24, 2.45) is 0 Å². The fourth-order valence-electron chi connectivity index (χ4n) is 10.1. The predicted molar refractivity (Wildman–Crippen MR) is 340 cm³/mol. The van der Waals surface area contributed by atoms with Crippen molar-refractivity contribution in [3.05, 3.63) is 72.9 Å². The molecule has 0 bridgehead atoms. The normalized spacial score (nSPS) is 18.0. The summed E-state index contributed by atoms with van der Waals surface area (Å²) in [6.45, 7) is 5.88. The summed E-state index contributed by atoms with van der Waals surface area (Å²) in [6.07, 6.45) is 63.2. The van der Waals surface area contributed by atoms with Gasteiger partial charge in [0, 0.05) is 12.8 Å². The molecule has 1 fully saturated rings. The van der Waals surface area contributed by atoms with E-state index in [0.29, 0.717) is 19.3 Å². The van der Waals surface area contributed by atoms with Crippen molar-refractivity contribution >= 4 is 23.9 Å². The van der Waals surface area contributed by atoms with Crippen molar-refractivity contribution in [2.45, 2.75) is 340 Å². The number of rotatable bonds is 58. The number of carboxylic acids is 1. The number of allylic oxidation sites excluding steroid dienone is 11. The minimum atomic E-state index is -1.94. The van der Waals surface area contributed by atoms with Crippen molar-refractivity contribution in [1.82, 2.24) is 0 Å². The van der Waals surface area contributed by atoms with E-state index in [2.05, 4.69) is 69.4 Å². The zero-order chi connectivity index (χ0) is 60.3. The molecule has 3 N–H and O–H groups in total. The summed E-state index contributed by atoms with van der Waals surface area (Å²) in [6, 6.07) is 0. The number of hydrogen-bond acceptors (Lipinski definition) is 11. The predicted octanol–water partition coefficient (Wildman–Crippen LogP) is 18.5. The molecule has 6 unspecified atom stereocenters. The Balaban J connectivity index is 2.67. The third kappa shape index (κ3) is 48.0. The van der Waals surface area contributed by atoms with Crippen LogP contribution >= 0.6 is 0 Å². The fourth-order valence-corrected chi connectivity index (χ4v) is 10.1.